The lowest BCUT2D eigenvalue weighted by molar-refractivity contribution is -0.135. The van der Waals surface area contributed by atoms with Gasteiger partial charge in [0.1, 0.15) is 6.54 Å². The number of carbonyl (C=O) groups is 1. The molecule has 1 aromatic rings. The topological polar surface area (TPSA) is 49.8 Å². The highest BCUT2D eigenvalue weighted by molar-refractivity contribution is 6.30. The minimum absolute atomic E-state index is 0.0164. The quantitative estimate of drug-likeness (QED) is 0.849. The van der Waals surface area contributed by atoms with E-state index in [1.54, 1.807) is 36.3 Å². The number of ether oxygens (including phenoxy) is 1. The number of halogens is 1. The summed E-state index contributed by atoms with van der Waals surface area (Å²) in [6.45, 7) is 2.32. The van der Waals surface area contributed by atoms with Crippen molar-refractivity contribution in [3.63, 3.8) is 0 Å². The Morgan fingerprint density at radius 1 is 1.47 bits per heavy atom. The number of nitrogens with zero attached hydrogens (tertiary/aromatic N) is 1. The minimum atomic E-state index is -0.872. The average Bonchev–Trinajstić information content (AvgIpc) is 2.27. The Morgan fingerprint density at radius 2 is 2.06 bits per heavy atom. The Labute approximate surface area is 106 Å². The Kier molecular flexibility index (Phi) is 5.25. The zero-order chi connectivity index (χ0) is 12.8. The SMILES string of the molecule is COCC(C)N(CC(=O)O)c1ccc(Cl)cc1. The van der Waals surface area contributed by atoms with Gasteiger partial charge in [-0.2, -0.15) is 0 Å². The van der Waals surface area contributed by atoms with Crippen LogP contribution in [0.4, 0.5) is 5.69 Å². The van der Waals surface area contributed by atoms with Crippen LogP contribution in [-0.4, -0.2) is 37.4 Å². The molecule has 1 unspecified atom stereocenters. The number of benzene rings is 1. The molecule has 94 valence electrons. The minimum Gasteiger partial charge on any atom is -0.480 e. The van der Waals surface area contributed by atoms with Crippen LogP contribution in [0.1, 0.15) is 6.92 Å². The molecule has 1 atom stereocenters. The standard InChI is InChI=1S/C12H16ClNO3/c1-9(8-17-2)14(7-12(15)16)11-5-3-10(13)4-6-11/h3-6,9H,7-8H2,1-2H3,(H,15,16). The van der Waals surface area contributed by atoms with E-state index in [-0.39, 0.29) is 12.6 Å². The Morgan fingerprint density at radius 3 is 2.53 bits per heavy atom. The van der Waals surface area contributed by atoms with Gasteiger partial charge >= 0.3 is 5.97 Å². The molecule has 0 bridgehead atoms. The normalized spacial score (nSPS) is 12.2. The molecule has 0 amide bonds. The van der Waals surface area contributed by atoms with Crippen LogP contribution < -0.4 is 4.90 Å². The van der Waals surface area contributed by atoms with Gasteiger partial charge in [0, 0.05) is 17.8 Å². The average molecular weight is 258 g/mol. The molecule has 17 heavy (non-hydrogen) atoms. The molecule has 1 N–H and O–H groups in total. The number of carboxylic acid groups (broad SMARTS) is 1. The molecule has 1 rings (SSSR count). The molecule has 0 saturated carbocycles. The first kappa shape index (κ1) is 13.8. The van der Waals surface area contributed by atoms with Gasteiger partial charge in [0.15, 0.2) is 0 Å². The molecule has 0 aromatic heterocycles. The lowest BCUT2D eigenvalue weighted by Gasteiger charge is -2.29. The van der Waals surface area contributed by atoms with Crippen molar-refractivity contribution in [2.24, 2.45) is 0 Å². The first-order valence-electron chi connectivity index (χ1n) is 5.27. The molecular formula is C12H16ClNO3. The van der Waals surface area contributed by atoms with Crippen molar-refractivity contribution >= 4 is 23.3 Å². The summed E-state index contributed by atoms with van der Waals surface area (Å²) in [5, 5.41) is 9.54. The lowest BCUT2D eigenvalue weighted by atomic mass is 10.2. The number of hydrogen-bond donors (Lipinski definition) is 1. The number of aliphatic carboxylic acids is 1. The van der Waals surface area contributed by atoms with Gasteiger partial charge in [-0.1, -0.05) is 11.6 Å². The third-order valence-corrected chi connectivity index (χ3v) is 2.66. The van der Waals surface area contributed by atoms with Crippen molar-refractivity contribution in [2.45, 2.75) is 13.0 Å². The predicted octanol–water partition coefficient (Wildman–Crippen LogP) is 2.27. The molecule has 0 fully saturated rings. The van der Waals surface area contributed by atoms with Crippen LogP contribution >= 0.6 is 11.6 Å². The van der Waals surface area contributed by atoms with Gasteiger partial charge in [-0.15, -0.1) is 0 Å². The van der Waals surface area contributed by atoms with Gasteiger partial charge in [0.2, 0.25) is 0 Å². The van der Waals surface area contributed by atoms with Gasteiger partial charge in [-0.3, -0.25) is 4.79 Å². The molecule has 0 spiro atoms. The first-order valence-corrected chi connectivity index (χ1v) is 5.65. The zero-order valence-electron chi connectivity index (χ0n) is 9.89. The highest BCUT2D eigenvalue weighted by Crippen LogP contribution is 2.20. The first-order chi connectivity index (χ1) is 8.04. The maximum atomic E-state index is 10.9. The fourth-order valence-corrected chi connectivity index (χ4v) is 1.74. The number of rotatable bonds is 6. The van der Waals surface area contributed by atoms with Gasteiger partial charge in [-0.05, 0) is 31.2 Å². The second-order valence-electron chi connectivity index (χ2n) is 3.80. The summed E-state index contributed by atoms with van der Waals surface area (Å²) in [6, 6.07) is 7.07. The van der Waals surface area contributed by atoms with E-state index in [0.717, 1.165) is 5.69 Å². The van der Waals surface area contributed by atoms with Crippen LogP contribution in [0.3, 0.4) is 0 Å². The van der Waals surface area contributed by atoms with Gasteiger partial charge in [0.25, 0.3) is 0 Å². The number of methoxy groups -OCH3 is 1. The number of hydrogen-bond acceptors (Lipinski definition) is 3. The highest BCUT2D eigenvalue weighted by Gasteiger charge is 2.17. The maximum Gasteiger partial charge on any atom is 0.323 e. The second kappa shape index (κ2) is 6.47. The summed E-state index contributed by atoms with van der Waals surface area (Å²) in [5.41, 5.74) is 0.821. The van der Waals surface area contributed by atoms with Crippen LogP contribution in [0.15, 0.2) is 24.3 Å². The molecular weight excluding hydrogens is 242 g/mol. The van der Waals surface area contributed by atoms with Crippen molar-refractivity contribution in [3.05, 3.63) is 29.3 Å². The molecule has 5 heteroatoms. The summed E-state index contributed by atoms with van der Waals surface area (Å²) < 4.78 is 5.05. The molecule has 0 heterocycles. The molecule has 0 saturated heterocycles. The van der Waals surface area contributed by atoms with Crippen molar-refractivity contribution in [3.8, 4) is 0 Å². The maximum absolute atomic E-state index is 10.9. The van der Waals surface area contributed by atoms with Crippen molar-refractivity contribution in [1.82, 2.24) is 0 Å². The molecule has 0 aliphatic carbocycles. The van der Waals surface area contributed by atoms with E-state index in [0.29, 0.717) is 11.6 Å². The smallest absolute Gasteiger partial charge is 0.323 e. The van der Waals surface area contributed by atoms with E-state index in [4.69, 9.17) is 21.4 Å². The highest BCUT2D eigenvalue weighted by atomic mass is 35.5. The van der Waals surface area contributed by atoms with E-state index < -0.39 is 5.97 Å². The van der Waals surface area contributed by atoms with Crippen molar-refractivity contribution < 1.29 is 14.6 Å². The lowest BCUT2D eigenvalue weighted by Crippen LogP contribution is -2.40. The van der Waals surface area contributed by atoms with Crippen LogP contribution in [0, 0.1) is 0 Å². The van der Waals surface area contributed by atoms with Crippen molar-refractivity contribution in [1.29, 1.82) is 0 Å². The Balaban J connectivity index is 2.88. The third-order valence-electron chi connectivity index (χ3n) is 2.40. The summed E-state index contributed by atoms with van der Waals surface area (Å²) in [6.07, 6.45) is 0. The van der Waals surface area contributed by atoms with E-state index in [2.05, 4.69) is 0 Å². The van der Waals surface area contributed by atoms with Crippen LogP contribution in [0.25, 0.3) is 0 Å². The third kappa shape index (κ3) is 4.24. The van der Waals surface area contributed by atoms with E-state index in [1.807, 2.05) is 6.92 Å². The van der Waals surface area contributed by atoms with Gasteiger partial charge in [-0.25, -0.2) is 0 Å². The Bertz CT molecular complexity index is 367. The van der Waals surface area contributed by atoms with Crippen LogP contribution in [0.5, 0.6) is 0 Å². The van der Waals surface area contributed by atoms with Gasteiger partial charge in [0.05, 0.1) is 12.6 Å². The van der Waals surface area contributed by atoms with E-state index in [9.17, 15) is 4.79 Å². The zero-order valence-corrected chi connectivity index (χ0v) is 10.6. The fourth-order valence-electron chi connectivity index (χ4n) is 1.61. The molecule has 0 radical (unpaired) electrons. The van der Waals surface area contributed by atoms with Crippen molar-refractivity contribution in [2.75, 3.05) is 25.2 Å². The van der Waals surface area contributed by atoms with E-state index >= 15 is 0 Å². The fraction of sp³-hybridized carbons (Fsp3) is 0.417. The molecule has 0 aliphatic heterocycles. The monoisotopic (exact) mass is 257 g/mol. The number of anilines is 1. The molecule has 1 aromatic carbocycles. The van der Waals surface area contributed by atoms with Gasteiger partial charge < -0.3 is 14.7 Å². The molecule has 0 aliphatic rings. The summed E-state index contributed by atoms with van der Waals surface area (Å²) in [5.74, 6) is -0.872. The summed E-state index contributed by atoms with van der Waals surface area (Å²) in [4.78, 5) is 12.6. The Hall–Kier alpha value is -1.26. The largest absolute Gasteiger partial charge is 0.480 e. The van der Waals surface area contributed by atoms with Crippen LogP contribution in [-0.2, 0) is 9.53 Å². The second-order valence-corrected chi connectivity index (χ2v) is 4.24. The molecule has 4 nitrogen and oxygen atoms in total. The number of carboxylic acids is 1. The summed E-state index contributed by atoms with van der Waals surface area (Å²) in [7, 11) is 1.59. The predicted molar refractivity (Wildman–Crippen MR) is 67.8 cm³/mol. The summed E-state index contributed by atoms with van der Waals surface area (Å²) >= 11 is 5.80. The van der Waals surface area contributed by atoms with E-state index in [1.165, 1.54) is 0 Å². The van der Waals surface area contributed by atoms with Crippen LogP contribution in [0.2, 0.25) is 5.02 Å².